The van der Waals surface area contributed by atoms with Crippen LogP contribution in [0.5, 0.6) is 0 Å². The molecule has 0 aliphatic carbocycles. The summed E-state index contributed by atoms with van der Waals surface area (Å²) in [6.45, 7) is 0. The maximum Gasteiger partial charge on any atom is 0.272 e. The van der Waals surface area contributed by atoms with Gasteiger partial charge in [-0.05, 0) is 11.6 Å². The van der Waals surface area contributed by atoms with E-state index in [2.05, 4.69) is 9.40 Å². The predicted molar refractivity (Wildman–Crippen MR) is 30.0 cm³/mol. The molecular weight excluding hydrogens is 144 g/mol. The average Bonchev–Trinajstić information content (AvgIpc) is 2.13. The zero-order valence-corrected chi connectivity index (χ0v) is 5.05. The lowest BCUT2D eigenvalue weighted by molar-refractivity contribution is 0.0996. The molecule has 0 aromatic carbocycles. The first-order valence-corrected chi connectivity index (χ1v) is 2.48. The molecule has 1 amide bonds. The van der Waals surface area contributed by atoms with Crippen molar-refractivity contribution in [2.24, 2.45) is 5.73 Å². The van der Waals surface area contributed by atoms with Gasteiger partial charge >= 0.3 is 0 Å². The number of aromatic nitrogens is 1. The van der Waals surface area contributed by atoms with Crippen molar-refractivity contribution in [3.05, 3.63) is 17.3 Å². The van der Waals surface area contributed by atoms with Crippen molar-refractivity contribution in [1.29, 1.82) is 0 Å². The Bertz CT molecular complexity index is 232. The van der Waals surface area contributed by atoms with Gasteiger partial charge in [-0.15, -0.1) is 0 Å². The molecule has 0 aliphatic rings. The second-order valence-electron chi connectivity index (χ2n) is 1.34. The zero-order valence-electron chi connectivity index (χ0n) is 4.30. The third-order valence-corrected chi connectivity index (χ3v) is 1.03. The van der Waals surface area contributed by atoms with E-state index >= 15 is 0 Å². The minimum Gasteiger partial charge on any atom is -0.431 e. The number of rotatable bonds is 1. The van der Waals surface area contributed by atoms with Gasteiger partial charge in [-0.25, -0.2) is 4.98 Å². The normalized spacial score (nSPS) is 9.44. The van der Waals surface area contributed by atoms with Crippen LogP contribution in [0.25, 0.3) is 0 Å². The number of hydrogen-bond acceptors (Lipinski definition) is 3. The number of oxazole rings is 1. The molecule has 2 N–H and O–H groups in total. The lowest BCUT2D eigenvalue weighted by Gasteiger charge is -1.82. The smallest absolute Gasteiger partial charge is 0.272 e. The van der Waals surface area contributed by atoms with E-state index < -0.39 is 5.91 Å². The van der Waals surface area contributed by atoms with Crippen molar-refractivity contribution in [2.45, 2.75) is 0 Å². The fourth-order valence-corrected chi connectivity index (χ4v) is 0.574. The van der Waals surface area contributed by atoms with E-state index in [9.17, 15) is 4.79 Å². The number of hydrogen-bond donors (Lipinski definition) is 1. The van der Waals surface area contributed by atoms with Crippen LogP contribution in [0.15, 0.2) is 10.8 Å². The molecule has 0 fully saturated rings. The third-order valence-electron chi connectivity index (χ3n) is 0.758. The summed E-state index contributed by atoms with van der Waals surface area (Å²) in [7, 11) is 0. The largest absolute Gasteiger partial charge is 0.431 e. The van der Waals surface area contributed by atoms with E-state index in [1.54, 1.807) is 0 Å². The number of carbonyl (C=O) groups is 1. The molecule has 0 radical (unpaired) electrons. The Morgan fingerprint density at radius 2 is 2.56 bits per heavy atom. The first kappa shape index (κ1) is 6.10. The molecule has 0 bridgehead atoms. The molecule has 1 aromatic heterocycles. The highest BCUT2D eigenvalue weighted by Gasteiger charge is 2.09. The minimum absolute atomic E-state index is 0.0309. The molecule has 4 nitrogen and oxygen atoms in total. The number of nitrogens with zero attached hydrogens (tertiary/aromatic N) is 1. The van der Waals surface area contributed by atoms with Crippen LogP contribution in [0.3, 0.4) is 0 Å². The maximum atomic E-state index is 10.3. The minimum atomic E-state index is -0.686. The standard InChI is InChI=1S/C4H3ClN2O2/c5-3-2(4(6)8)7-1-9-3/h1H,(H2,6,8). The van der Waals surface area contributed by atoms with E-state index in [1.165, 1.54) is 0 Å². The first-order chi connectivity index (χ1) is 4.22. The molecule has 0 saturated carbocycles. The molecule has 9 heavy (non-hydrogen) atoms. The molecule has 0 spiro atoms. The van der Waals surface area contributed by atoms with Crippen molar-refractivity contribution in [3.63, 3.8) is 0 Å². The zero-order chi connectivity index (χ0) is 6.85. The highest BCUT2D eigenvalue weighted by molar-refractivity contribution is 6.31. The van der Waals surface area contributed by atoms with Gasteiger partial charge in [0, 0.05) is 0 Å². The maximum absolute atomic E-state index is 10.3. The molecule has 0 unspecified atom stereocenters. The van der Waals surface area contributed by atoms with Gasteiger partial charge in [-0.2, -0.15) is 0 Å². The SMILES string of the molecule is NC(=O)c1ncoc1Cl. The van der Waals surface area contributed by atoms with Crippen LogP contribution in [0.2, 0.25) is 5.22 Å². The Balaban J connectivity index is 3.08. The van der Waals surface area contributed by atoms with E-state index in [0.717, 1.165) is 6.39 Å². The van der Waals surface area contributed by atoms with Crippen LogP contribution in [0.1, 0.15) is 10.5 Å². The molecule has 1 heterocycles. The molecule has 48 valence electrons. The van der Waals surface area contributed by atoms with Gasteiger partial charge in [-0.1, -0.05) is 0 Å². The third kappa shape index (κ3) is 1.02. The topological polar surface area (TPSA) is 69.1 Å². The lowest BCUT2D eigenvalue weighted by atomic mass is 10.5. The van der Waals surface area contributed by atoms with Crippen molar-refractivity contribution in [1.82, 2.24) is 4.98 Å². The molecule has 0 atom stereocenters. The molecule has 0 saturated heterocycles. The summed E-state index contributed by atoms with van der Waals surface area (Å²) in [5, 5.41) is -0.0671. The first-order valence-electron chi connectivity index (χ1n) is 2.10. The van der Waals surface area contributed by atoms with Crippen molar-refractivity contribution in [3.8, 4) is 0 Å². The van der Waals surface area contributed by atoms with Gasteiger partial charge < -0.3 is 10.2 Å². The van der Waals surface area contributed by atoms with E-state index in [0.29, 0.717) is 0 Å². The molecule has 1 rings (SSSR count). The van der Waals surface area contributed by atoms with Gasteiger partial charge in [-0.3, -0.25) is 4.79 Å². The van der Waals surface area contributed by atoms with Crippen LogP contribution in [-0.2, 0) is 0 Å². The Kier molecular flexibility index (Phi) is 1.40. The Morgan fingerprint density at radius 1 is 1.89 bits per heavy atom. The predicted octanol–water partition coefficient (Wildman–Crippen LogP) is 0.427. The number of carbonyl (C=O) groups excluding carboxylic acids is 1. The van der Waals surface area contributed by atoms with Gasteiger partial charge in [0.1, 0.15) is 0 Å². The summed E-state index contributed by atoms with van der Waals surface area (Å²) in [5.74, 6) is -0.686. The van der Waals surface area contributed by atoms with Crippen molar-refractivity contribution in [2.75, 3.05) is 0 Å². The highest BCUT2D eigenvalue weighted by Crippen LogP contribution is 2.11. The van der Waals surface area contributed by atoms with Gasteiger partial charge in [0.15, 0.2) is 12.1 Å². The van der Waals surface area contributed by atoms with E-state index in [-0.39, 0.29) is 10.9 Å². The second-order valence-corrected chi connectivity index (χ2v) is 1.68. The van der Waals surface area contributed by atoms with Crippen LogP contribution in [0, 0.1) is 0 Å². The van der Waals surface area contributed by atoms with Crippen LogP contribution >= 0.6 is 11.6 Å². The fraction of sp³-hybridized carbons (Fsp3) is 0. The van der Waals surface area contributed by atoms with Crippen LogP contribution in [-0.4, -0.2) is 10.9 Å². The van der Waals surface area contributed by atoms with Crippen LogP contribution in [0.4, 0.5) is 0 Å². The van der Waals surface area contributed by atoms with Crippen molar-refractivity contribution < 1.29 is 9.21 Å². The number of nitrogens with two attached hydrogens (primary N) is 1. The highest BCUT2D eigenvalue weighted by atomic mass is 35.5. The van der Waals surface area contributed by atoms with E-state index in [4.69, 9.17) is 17.3 Å². The number of halogens is 1. The number of primary amides is 1. The molecule has 1 aromatic rings. The van der Waals surface area contributed by atoms with Crippen LogP contribution < -0.4 is 5.73 Å². The van der Waals surface area contributed by atoms with Gasteiger partial charge in [0.05, 0.1) is 0 Å². The van der Waals surface area contributed by atoms with Gasteiger partial charge in [0.2, 0.25) is 5.22 Å². The quantitative estimate of drug-likeness (QED) is 0.625. The van der Waals surface area contributed by atoms with E-state index in [1.807, 2.05) is 0 Å². The molecular formula is C4H3ClN2O2. The molecule has 5 heteroatoms. The fourth-order valence-electron chi connectivity index (χ4n) is 0.392. The van der Waals surface area contributed by atoms with Crippen molar-refractivity contribution >= 4 is 17.5 Å². The Labute approximate surface area is 55.6 Å². The average molecular weight is 147 g/mol. The second kappa shape index (κ2) is 2.06. The summed E-state index contributed by atoms with van der Waals surface area (Å²) in [6, 6.07) is 0. The summed E-state index contributed by atoms with van der Waals surface area (Å²) >= 11 is 5.30. The lowest BCUT2D eigenvalue weighted by Crippen LogP contribution is -2.11. The summed E-state index contributed by atoms with van der Waals surface area (Å²) in [4.78, 5) is 13.7. The summed E-state index contributed by atoms with van der Waals surface area (Å²) < 4.78 is 4.48. The number of amides is 1. The molecule has 0 aliphatic heterocycles. The Morgan fingerprint density at radius 3 is 2.78 bits per heavy atom. The van der Waals surface area contributed by atoms with Gasteiger partial charge in [0.25, 0.3) is 5.91 Å². The summed E-state index contributed by atoms with van der Waals surface area (Å²) in [5.41, 5.74) is 4.78. The Hall–Kier alpha value is -1.03. The monoisotopic (exact) mass is 146 g/mol. The summed E-state index contributed by atoms with van der Waals surface area (Å²) in [6.07, 6.45) is 1.06.